The van der Waals surface area contributed by atoms with Gasteiger partial charge in [-0.1, -0.05) is 24.3 Å². The van der Waals surface area contributed by atoms with Crippen LogP contribution in [-0.4, -0.2) is 18.5 Å². The fourth-order valence-electron chi connectivity index (χ4n) is 3.44. The van der Waals surface area contributed by atoms with Crippen molar-refractivity contribution in [3.05, 3.63) is 35.4 Å². The van der Waals surface area contributed by atoms with Crippen LogP contribution in [0.4, 0.5) is 0 Å². The van der Waals surface area contributed by atoms with Crippen LogP contribution < -0.4 is 0 Å². The smallest absolute Gasteiger partial charge is 0.0376 e. The van der Waals surface area contributed by atoms with Crippen LogP contribution in [0.5, 0.6) is 0 Å². The Morgan fingerprint density at radius 2 is 2.07 bits per heavy atom. The van der Waals surface area contributed by atoms with E-state index in [2.05, 4.69) is 36.2 Å². The van der Waals surface area contributed by atoms with E-state index in [-0.39, 0.29) is 0 Å². The molecule has 1 heterocycles. The van der Waals surface area contributed by atoms with Crippen molar-refractivity contribution < 1.29 is 0 Å². The van der Waals surface area contributed by atoms with Crippen molar-refractivity contribution in [2.45, 2.75) is 31.7 Å². The minimum Gasteiger partial charge on any atom is -0.299 e. The lowest BCUT2D eigenvalue weighted by atomic mass is 9.75. The van der Waals surface area contributed by atoms with Crippen molar-refractivity contribution in [1.29, 1.82) is 0 Å². The maximum atomic E-state index is 2.56. The second kappa shape index (κ2) is 3.64. The molecule has 0 bridgehead atoms. The number of aryl methyl sites for hydroxylation is 1. The number of fused-ring (bicyclic) bond motifs is 3. The molecule has 80 valence electrons. The Balaban J connectivity index is 2.02. The summed E-state index contributed by atoms with van der Waals surface area (Å²) in [5, 5.41) is 0. The number of rotatable bonds is 0. The normalized spacial score (nSPS) is 30.7. The van der Waals surface area contributed by atoms with E-state index in [1.165, 1.54) is 32.2 Å². The third-order valence-electron chi connectivity index (χ3n) is 4.17. The lowest BCUT2D eigenvalue weighted by Gasteiger charge is -2.43. The molecule has 0 N–H and O–H groups in total. The van der Waals surface area contributed by atoms with Gasteiger partial charge in [-0.05, 0) is 56.3 Å². The highest BCUT2D eigenvalue weighted by molar-refractivity contribution is 5.33. The zero-order valence-corrected chi connectivity index (χ0v) is 9.45. The van der Waals surface area contributed by atoms with Gasteiger partial charge in [-0.25, -0.2) is 0 Å². The van der Waals surface area contributed by atoms with E-state index in [0.717, 1.165) is 5.92 Å². The van der Waals surface area contributed by atoms with Crippen LogP contribution >= 0.6 is 0 Å². The van der Waals surface area contributed by atoms with Crippen LogP contribution in [0.2, 0.25) is 0 Å². The second-order valence-corrected chi connectivity index (χ2v) is 5.07. The topological polar surface area (TPSA) is 3.24 Å². The van der Waals surface area contributed by atoms with E-state index >= 15 is 0 Å². The average molecular weight is 201 g/mol. The van der Waals surface area contributed by atoms with Gasteiger partial charge in [0.25, 0.3) is 0 Å². The lowest BCUT2D eigenvalue weighted by molar-refractivity contribution is 0.106. The van der Waals surface area contributed by atoms with Crippen LogP contribution in [0.1, 0.15) is 36.4 Å². The summed E-state index contributed by atoms with van der Waals surface area (Å²) in [5.74, 6) is 0.915. The fraction of sp³-hybridized carbons (Fsp3) is 0.571. The molecule has 0 spiro atoms. The van der Waals surface area contributed by atoms with E-state index in [1.54, 1.807) is 11.1 Å². The third kappa shape index (κ3) is 1.50. The highest BCUT2D eigenvalue weighted by Gasteiger charge is 2.34. The molecule has 2 atom stereocenters. The number of piperidine rings is 1. The van der Waals surface area contributed by atoms with Gasteiger partial charge in [0.1, 0.15) is 0 Å². The molecule has 1 saturated heterocycles. The van der Waals surface area contributed by atoms with E-state index in [4.69, 9.17) is 0 Å². The Bertz CT molecular complexity index is 358. The maximum absolute atomic E-state index is 2.56. The zero-order chi connectivity index (χ0) is 10.3. The van der Waals surface area contributed by atoms with Gasteiger partial charge in [0, 0.05) is 6.04 Å². The van der Waals surface area contributed by atoms with Crippen LogP contribution in [0.25, 0.3) is 0 Å². The van der Waals surface area contributed by atoms with Gasteiger partial charge in [0.2, 0.25) is 0 Å². The minimum absolute atomic E-state index is 0.712. The van der Waals surface area contributed by atoms with Crippen molar-refractivity contribution in [3.63, 3.8) is 0 Å². The molecule has 0 radical (unpaired) electrons. The summed E-state index contributed by atoms with van der Waals surface area (Å²) in [6.45, 7) is 1.27. The summed E-state index contributed by atoms with van der Waals surface area (Å²) >= 11 is 0. The molecule has 0 aromatic heterocycles. The van der Waals surface area contributed by atoms with Crippen molar-refractivity contribution in [3.8, 4) is 0 Å². The van der Waals surface area contributed by atoms with Gasteiger partial charge in [0.15, 0.2) is 0 Å². The Kier molecular flexibility index (Phi) is 2.28. The summed E-state index contributed by atoms with van der Waals surface area (Å²) in [7, 11) is 2.29. The Labute approximate surface area is 92.1 Å². The summed E-state index contributed by atoms with van der Waals surface area (Å²) in [6.07, 6.45) is 5.51. The average Bonchev–Trinajstić information content (AvgIpc) is 2.29. The number of hydrogen-bond acceptors (Lipinski definition) is 1. The predicted octanol–water partition coefficient (Wildman–Crippen LogP) is 3.02. The molecule has 0 unspecified atom stereocenters. The summed E-state index contributed by atoms with van der Waals surface area (Å²) in [6, 6.07) is 9.75. The molecule has 15 heavy (non-hydrogen) atoms. The van der Waals surface area contributed by atoms with Crippen LogP contribution in [-0.2, 0) is 6.42 Å². The molecule has 1 nitrogen and oxygen atoms in total. The quantitative estimate of drug-likeness (QED) is 0.623. The predicted molar refractivity (Wildman–Crippen MR) is 62.9 cm³/mol. The molecule has 1 aromatic rings. The Hall–Kier alpha value is -0.820. The summed E-state index contributed by atoms with van der Waals surface area (Å²) in [4.78, 5) is 2.56. The van der Waals surface area contributed by atoms with E-state index in [1.807, 2.05) is 0 Å². The lowest BCUT2D eigenvalue weighted by Crippen LogP contribution is -2.38. The first-order valence-electron chi connectivity index (χ1n) is 6.14. The van der Waals surface area contributed by atoms with E-state index in [0.29, 0.717) is 6.04 Å². The van der Waals surface area contributed by atoms with Crippen molar-refractivity contribution in [2.24, 2.45) is 5.92 Å². The largest absolute Gasteiger partial charge is 0.299 e. The van der Waals surface area contributed by atoms with Crippen molar-refractivity contribution in [2.75, 3.05) is 13.6 Å². The molecule has 1 aliphatic carbocycles. The molecule has 3 rings (SSSR count). The molecule has 1 aromatic carbocycles. The number of hydrogen-bond donors (Lipinski definition) is 0. The summed E-state index contributed by atoms with van der Waals surface area (Å²) < 4.78 is 0. The number of benzene rings is 1. The first-order chi connectivity index (χ1) is 7.36. The van der Waals surface area contributed by atoms with Crippen LogP contribution in [0, 0.1) is 5.92 Å². The zero-order valence-electron chi connectivity index (χ0n) is 9.45. The SMILES string of the molecule is CN1CCC[C@@H]2CCc3ccccc3[C@@H]21. The fourth-order valence-corrected chi connectivity index (χ4v) is 3.44. The molecule has 0 amide bonds. The van der Waals surface area contributed by atoms with Crippen LogP contribution in [0.3, 0.4) is 0 Å². The Morgan fingerprint density at radius 3 is 3.00 bits per heavy atom. The first-order valence-corrected chi connectivity index (χ1v) is 6.14. The monoisotopic (exact) mass is 201 g/mol. The van der Waals surface area contributed by atoms with Gasteiger partial charge in [-0.2, -0.15) is 0 Å². The molecule has 1 heteroatoms. The summed E-state index contributed by atoms with van der Waals surface area (Å²) in [5.41, 5.74) is 3.20. The first kappa shape index (κ1) is 9.41. The maximum Gasteiger partial charge on any atom is 0.0376 e. The number of likely N-dealkylation sites (tertiary alicyclic amines) is 1. The molecular formula is C14H19N. The van der Waals surface area contributed by atoms with Gasteiger partial charge in [-0.15, -0.1) is 0 Å². The van der Waals surface area contributed by atoms with E-state index in [9.17, 15) is 0 Å². The van der Waals surface area contributed by atoms with Gasteiger partial charge < -0.3 is 0 Å². The number of nitrogens with zero attached hydrogens (tertiary/aromatic N) is 1. The second-order valence-electron chi connectivity index (χ2n) is 5.07. The molecule has 1 fully saturated rings. The van der Waals surface area contributed by atoms with Crippen molar-refractivity contribution >= 4 is 0 Å². The molecular weight excluding hydrogens is 182 g/mol. The van der Waals surface area contributed by atoms with E-state index < -0.39 is 0 Å². The van der Waals surface area contributed by atoms with Crippen LogP contribution in [0.15, 0.2) is 24.3 Å². The highest BCUT2D eigenvalue weighted by atomic mass is 15.1. The standard InChI is InChI=1S/C14H19N/c1-15-10-4-6-12-9-8-11-5-2-3-7-13(11)14(12)15/h2-3,5,7,12,14H,4,6,8-10H2,1H3/t12-,14-/m1/s1. The van der Waals surface area contributed by atoms with Gasteiger partial charge in [-0.3, -0.25) is 4.90 Å². The Morgan fingerprint density at radius 1 is 1.20 bits per heavy atom. The minimum atomic E-state index is 0.712. The molecule has 1 aliphatic heterocycles. The van der Waals surface area contributed by atoms with Gasteiger partial charge in [0.05, 0.1) is 0 Å². The van der Waals surface area contributed by atoms with Crippen molar-refractivity contribution in [1.82, 2.24) is 4.90 Å². The molecule has 2 aliphatic rings. The molecule has 0 saturated carbocycles. The third-order valence-corrected chi connectivity index (χ3v) is 4.17. The highest BCUT2D eigenvalue weighted by Crippen LogP contribution is 2.42. The van der Waals surface area contributed by atoms with Gasteiger partial charge >= 0.3 is 0 Å².